The highest BCUT2D eigenvalue weighted by atomic mass is 35.5. The van der Waals surface area contributed by atoms with Crippen molar-refractivity contribution in [3.63, 3.8) is 0 Å². The van der Waals surface area contributed by atoms with Gasteiger partial charge in [0.1, 0.15) is 5.67 Å². The van der Waals surface area contributed by atoms with Crippen molar-refractivity contribution < 1.29 is 37.4 Å². The molecule has 0 bridgehead atoms. The summed E-state index contributed by atoms with van der Waals surface area (Å²) in [4.78, 5) is 29.6. The minimum absolute atomic E-state index is 0.0141. The number of carbonyl (C=O) groups excluding carboxylic acids is 1. The lowest BCUT2D eigenvalue weighted by molar-refractivity contribution is -0.152. The van der Waals surface area contributed by atoms with Gasteiger partial charge in [0.15, 0.2) is 5.69 Å². The van der Waals surface area contributed by atoms with Gasteiger partial charge in [-0.25, -0.2) is 4.39 Å². The fourth-order valence-corrected chi connectivity index (χ4v) is 5.46. The highest BCUT2D eigenvalue weighted by molar-refractivity contribution is 6.35. The summed E-state index contributed by atoms with van der Waals surface area (Å²) < 4.78 is 58.4. The SMILES string of the molecule is CC1(C(=O)O)CCC(n2ncc(C(=O)N(C[C@@H](O)c3c(Cl)cncc3Cl)CC3(F)CC3)c2C(F)(F)F)CC1. The van der Waals surface area contributed by atoms with Crippen LogP contribution in [0.3, 0.4) is 0 Å². The van der Waals surface area contributed by atoms with Gasteiger partial charge in [-0.3, -0.25) is 19.3 Å². The number of carboxylic acids is 1. The Balaban J connectivity index is 1.65. The van der Waals surface area contributed by atoms with Crippen molar-refractivity contribution in [3.8, 4) is 0 Å². The molecule has 2 heterocycles. The standard InChI is InChI=1S/C24H26Cl2F4N4O4/c1-22(21(37)38)4-2-13(3-5-22)34-19(24(28,29)30)14(8-32-34)20(36)33(12-23(27)6-7-23)11-17(35)18-15(25)9-31-10-16(18)26/h8-10,13,17,35H,2-7,11-12H2,1H3,(H,37,38)/t13?,17-,22?/m1/s1. The molecule has 2 aliphatic carbocycles. The van der Waals surface area contributed by atoms with Gasteiger partial charge in [-0.15, -0.1) is 0 Å². The number of hydrogen-bond acceptors (Lipinski definition) is 5. The molecule has 2 fully saturated rings. The van der Waals surface area contributed by atoms with Gasteiger partial charge in [0.2, 0.25) is 0 Å². The molecule has 208 valence electrons. The van der Waals surface area contributed by atoms with Gasteiger partial charge in [-0.1, -0.05) is 23.2 Å². The molecule has 2 aliphatic rings. The number of aliphatic carboxylic acids is 1. The Labute approximate surface area is 225 Å². The second-order valence-electron chi connectivity index (χ2n) is 10.3. The summed E-state index contributed by atoms with van der Waals surface area (Å²) in [6.45, 7) is 0.437. The maximum atomic E-state index is 14.8. The second kappa shape index (κ2) is 10.3. The van der Waals surface area contributed by atoms with E-state index in [0.29, 0.717) is 0 Å². The van der Waals surface area contributed by atoms with Gasteiger partial charge in [0.05, 0.1) is 52.5 Å². The predicted octanol–water partition coefficient (Wildman–Crippen LogP) is 5.49. The van der Waals surface area contributed by atoms with E-state index < -0.39 is 65.6 Å². The molecule has 1 amide bonds. The number of aliphatic hydroxyl groups excluding tert-OH is 1. The summed E-state index contributed by atoms with van der Waals surface area (Å²) in [7, 11) is 0. The molecule has 0 radical (unpaired) electrons. The Bertz CT molecular complexity index is 1210. The summed E-state index contributed by atoms with van der Waals surface area (Å²) in [6, 6.07) is -0.773. The number of pyridine rings is 1. The largest absolute Gasteiger partial charge is 0.481 e. The first-order valence-electron chi connectivity index (χ1n) is 12.0. The van der Waals surface area contributed by atoms with E-state index in [1.165, 1.54) is 12.4 Å². The lowest BCUT2D eigenvalue weighted by atomic mass is 9.74. The van der Waals surface area contributed by atoms with Crippen LogP contribution in [-0.4, -0.2) is 60.5 Å². The topological polar surface area (TPSA) is 109 Å². The first-order chi connectivity index (χ1) is 17.7. The third-order valence-corrected chi connectivity index (χ3v) is 7.99. The fourth-order valence-electron chi connectivity index (χ4n) is 4.84. The Morgan fingerprint density at radius 2 is 1.74 bits per heavy atom. The van der Waals surface area contributed by atoms with E-state index in [9.17, 15) is 37.4 Å². The molecule has 0 saturated heterocycles. The molecule has 8 nitrogen and oxygen atoms in total. The van der Waals surface area contributed by atoms with E-state index in [0.717, 1.165) is 15.8 Å². The van der Waals surface area contributed by atoms with Crippen LogP contribution in [0, 0.1) is 5.41 Å². The first kappa shape index (κ1) is 28.6. The second-order valence-corrected chi connectivity index (χ2v) is 11.1. The minimum atomic E-state index is -4.98. The number of aliphatic hydroxyl groups is 1. The number of carbonyl (C=O) groups is 2. The molecule has 0 aromatic carbocycles. The van der Waals surface area contributed by atoms with Crippen molar-refractivity contribution in [2.75, 3.05) is 13.1 Å². The van der Waals surface area contributed by atoms with Crippen molar-refractivity contribution in [2.45, 2.75) is 69.4 Å². The van der Waals surface area contributed by atoms with E-state index in [4.69, 9.17) is 23.2 Å². The average Bonchev–Trinajstić information content (AvgIpc) is 3.37. The van der Waals surface area contributed by atoms with E-state index in [2.05, 4.69) is 10.1 Å². The van der Waals surface area contributed by atoms with Crippen LogP contribution < -0.4 is 0 Å². The molecule has 2 N–H and O–H groups in total. The smallest absolute Gasteiger partial charge is 0.433 e. The van der Waals surface area contributed by atoms with Gasteiger partial charge in [-0.05, 0) is 45.4 Å². The molecule has 1 atom stereocenters. The van der Waals surface area contributed by atoms with Crippen LogP contribution in [0.2, 0.25) is 10.0 Å². The first-order valence-corrected chi connectivity index (χ1v) is 12.7. The molecule has 0 unspecified atom stereocenters. The molecule has 38 heavy (non-hydrogen) atoms. The van der Waals surface area contributed by atoms with Crippen molar-refractivity contribution in [1.82, 2.24) is 19.7 Å². The zero-order chi connectivity index (χ0) is 28.0. The molecule has 2 saturated carbocycles. The molecule has 2 aromatic heterocycles. The maximum Gasteiger partial charge on any atom is 0.433 e. The number of carboxylic acid groups (broad SMARTS) is 1. The monoisotopic (exact) mass is 580 g/mol. The molecule has 4 rings (SSSR count). The van der Waals surface area contributed by atoms with Crippen molar-refractivity contribution in [2.24, 2.45) is 5.41 Å². The number of amides is 1. The van der Waals surface area contributed by atoms with Crippen molar-refractivity contribution in [1.29, 1.82) is 0 Å². The van der Waals surface area contributed by atoms with E-state index in [-0.39, 0.29) is 54.1 Å². The molecular formula is C24H26Cl2F4N4O4. The number of nitrogens with zero attached hydrogens (tertiary/aromatic N) is 4. The minimum Gasteiger partial charge on any atom is -0.481 e. The molecule has 14 heteroatoms. The zero-order valence-corrected chi connectivity index (χ0v) is 21.8. The van der Waals surface area contributed by atoms with Crippen molar-refractivity contribution >= 4 is 35.1 Å². The highest BCUT2D eigenvalue weighted by Crippen LogP contribution is 2.45. The number of rotatable bonds is 8. The number of halogens is 6. The predicted molar refractivity (Wildman–Crippen MR) is 129 cm³/mol. The average molecular weight is 581 g/mol. The van der Waals surface area contributed by atoms with Gasteiger partial charge in [0.25, 0.3) is 5.91 Å². The van der Waals surface area contributed by atoms with Crippen LogP contribution in [0.25, 0.3) is 0 Å². The Morgan fingerprint density at radius 3 is 2.24 bits per heavy atom. The molecule has 2 aromatic rings. The fraction of sp³-hybridized carbons (Fsp3) is 0.583. The van der Waals surface area contributed by atoms with Crippen LogP contribution in [0.5, 0.6) is 0 Å². The van der Waals surface area contributed by atoms with E-state index in [1.807, 2.05) is 0 Å². The normalized spacial score (nSPS) is 23.6. The van der Waals surface area contributed by atoms with Crippen LogP contribution in [0.4, 0.5) is 17.6 Å². The van der Waals surface area contributed by atoms with Crippen molar-refractivity contribution in [3.05, 3.63) is 45.5 Å². The summed E-state index contributed by atoms with van der Waals surface area (Å²) in [6.07, 6.45) is -2.52. The van der Waals surface area contributed by atoms with Crippen LogP contribution in [0.15, 0.2) is 18.6 Å². The lowest BCUT2D eigenvalue weighted by Crippen LogP contribution is -2.41. The number of alkyl halides is 4. The van der Waals surface area contributed by atoms with E-state index >= 15 is 0 Å². The maximum absolute atomic E-state index is 14.8. The van der Waals surface area contributed by atoms with Gasteiger partial charge in [-0.2, -0.15) is 18.3 Å². The summed E-state index contributed by atoms with van der Waals surface area (Å²) in [5.74, 6) is -2.17. The third-order valence-electron chi connectivity index (χ3n) is 7.39. The summed E-state index contributed by atoms with van der Waals surface area (Å²) in [5.41, 5.74) is -4.90. The Hall–Kier alpha value is -2.44. The van der Waals surface area contributed by atoms with Gasteiger partial charge < -0.3 is 15.1 Å². The van der Waals surface area contributed by atoms with E-state index in [1.54, 1.807) is 6.92 Å². The lowest BCUT2D eigenvalue weighted by Gasteiger charge is -2.34. The quantitative estimate of drug-likeness (QED) is 0.400. The zero-order valence-electron chi connectivity index (χ0n) is 20.3. The van der Waals surface area contributed by atoms with Crippen LogP contribution in [0.1, 0.15) is 79.2 Å². The van der Waals surface area contributed by atoms with Crippen LogP contribution in [-0.2, 0) is 11.0 Å². The Morgan fingerprint density at radius 1 is 1.16 bits per heavy atom. The highest BCUT2D eigenvalue weighted by Gasteiger charge is 2.48. The van der Waals surface area contributed by atoms with Gasteiger partial charge >= 0.3 is 12.1 Å². The molecule has 0 aliphatic heterocycles. The number of aromatic nitrogens is 3. The van der Waals surface area contributed by atoms with Gasteiger partial charge in [0, 0.05) is 18.0 Å². The molecular weight excluding hydrogens is 555 g/mol. The molecule has 0 spiro atoms. The summed E-state index contributed by atoms with van der Waals surface area (Å²) in [5, 5.41) is 24.1. The Kier molecular flexibility index (Phi) is 7.72. The third kappa shape index (κ3) is 5.76. The summed E-state index contributed by atoms with van der Waals surface area (Å²) >= 11 is 12.2. The number of hydrogen-bond donors (Lipinski definition) is 2. The van der Waals surface area contributed by atoms with Crippen LogP contribution >= 0.6 is 23.2 Å².